The molecule has 7 heteroatoms. The minimum Gasteiger partial charge on any atom is -0.359 e. The lowest BCUT2D eigenvalue weighted by Gasteiger charge is -2.34. The number of hydrogen-bond acceptors (Lipinski definition) is 3. The molecule has 152 valence electrons. The number of likely N-dealkylation sites (N-methyl/N-ethyl adjacent to an activating group) is 1. The summed E-state index contributed by atoms with van der Waals surface area (Å²) >= 11 is 6.20. The maximum Gasteiger partial charge on any atom is 0.262 e. The lowest BCUT2D eigenvalue weighted by atomic mass is 10.1. The van der Waals surface area contributed by atoms with E-state index in [9.17, 15) is 8.42 Å². The van der Waals surface area contributed by atoms with Gasteiger partial charge < -0.3 is 9.80 Å². The smallest absolute Gasteiger partial charge is 0.262 e. The van der Waals surface area contributed by atoms with E-state index in [2.05, 4.69) is 16.5 Å². The predicted octanol–water partition coefficient (Wildman–Crippen LogP) is 2.79. The highest BCUT2D eigenvalue weighted by atomic mass is 35.5. The Labute approximate surface area is 173 Å². The van der Waals surface area contributed by atoms with Gasteiger partial charge in [0.1, 0.15) is 0 Å². The highest BCUT2D eigenvalue weighted by Gasteiger charge is 2.25. The molecule has 0 radical (unpaired) electrons. The van der Waals surface area contributed by atoms with Gasteiger partial charge in [0.2, 0.25) is 0 Å². The van der Waals surface area contributed by atoms with Crippen molar-refractivity contribution in [2.24, 2.45) is 0 Å². The van der Waals surface area contributed by atoms with E-state index in [4.69, 9.17) is 11.6 Å². The van der Waals surface area contributed by atoms with Gasteiger partial charge in [-0.05, 0) is 57.0 Å². The van der Waals surface area contributed by atoms with Gasteiger partial charge in [-0.15, -0.1) is 0 Å². The number of benzene rings is 2. The molecular weight excluding hydrogens is 394 g/mol. The molecule has 2 N–H and O–H groups in total. The fourth-order valence-electron chi connectivity index (χ4n) is 4.07. The molecule has 1 saturated heterocycles. The van der Waals surface area contributed by atoms with Crippen molar-refractivity contribution in [1.29, 1.82) is 0 Å². The SMILES string of the molecule is CC[NH+]1CCN(c2ccc(Cl)cc2NS(=O)(=O)c2c(C)cc(C)cc2C)CC1. The number of piperazine rings is 1. The Balaban J connectivity index is 1.95. The van der Waals surface area contributed by atoms with E-state index in [0.717, 1.165) is 55.1 Å². The molecule has 0 aliphatic carbocycles. The van der Waals surface area contributed by atoms with E-state index in [0.29, 0.717) is 15.6 Å². The number of hydrogen-bond donors (Lipinski definition) is 2. The molecule has 2 aromatic carbocycles. The number of quaternary nitrogens is 1. The molecule has 5 nitrogen and oxygen atoms in total. The van der Waals surface area contributed by atoms with E-state index in [1.54, 1.807) is 11.0 Å². The van der Waals surface area contributed by atoms with Crippen molar-refractivity contribution in [3.63, 3.8) is 0 Å². The summed E-state index contributed by atoms with van der Waals surface area (Å²) in [5, 5.41) is 0.511. The maximum absolute atomic E-state index is 13.2. The Bertz CT molecular complexity index is 945. The molecule has 3 rings (SSSR count). The zero-order valence-electron chi connectivity index (χ0n) is 17.0. The lowest BCUT2D eigenvalue weighted by molar-refractivity contribution is -0.898. The molecule has 1 heterocycles. The number of nitrogens with one attached hydrogen (secondary N) is 2. The van der Waals surface area contributed by atoms with E-state index in [1.165, 1.54) is 0 Å². The minimum absolute atomic E-state index is 0.337. The Morgan fingerprint density at radius 2 is 1.68 bits per heavy atom. The van der Waals surface area contributed by atoms with Crippen molar-refractivity contribution in [3.8, 4) is 0 Å². The molecule has 0 unspecified atom stereocenters. The molecule has 0 amide bonds. The van der Waals surface area contributed by atoms with Crippen molar-refractivity contribution in [2.75, 3.05) is 42.3 Å². The van der Waals surface area contributed by atoms with Gasteiger partial charge in [-0.2, -0.15) is 0 Å². The second-order valence-electron chi connectivity index (χ2n) is 7.59. The molecule has 0 saturated carbocycles. The molecule has 0 aromatic heterocycles. The lowest BCUT2D eigenvalue weighted by Crippen LogP contribution is -3.14. The Morgan fingerprint density at radius 1 is 1.07 bits per heavy atom. The van der Waals surface area contributed by atoms with E-state index >= 15 is 0 Å². The van der Waals surface area contributed by atoms with Gasteiger partial charge >= 0.3 is 0 Å². The summed E-state index contributed by atoms with van der Waals surface area (Å²) in [6.45, 7) is 12.8. The molecule has 0 atom stereocenters. The van der Waals surface area contributed by atoms with Crippen LogP contribution in [0.25, 0.3) is 0 Å². The first-order chi connectivity index (χ1) is 13.2. The van der Waals surface area contributed by atoms with Crippen molar-refractivity contribution in [3.05, 3.63) is 52.0 Å². The van der Waals surface area contributed by atoms with Crippen LogP contribution in [0.4, 0.5) is 11.4 Å². The third-order valence-corrected chi connectivity index (χ3v) is 7.29. The average molecular weight is 423 g/mol. The van der Waals surface area contributed by atoms with Crippen LogP contribution in [0, 0.1) is 20.8 Å². The highest BCUT2D eigenvalue weighted by Crippen LogP contribution is 2.32. The number of nitrogens with zero attached hydrogens (tertiary/aromatic N) is 1. The third-order valence-electron chi connectivity index (χ3n) is 5.39. The van der Waals surface area contributed by atoms with Gasteiger partial charge in [0.25, 0.3) is 10.0 Å². The summed E-state index contributed by atoms with van der Waals surface area (Å²) in [6, 6.07) is 9.22. The van der Waals surface area contributed by atoms with Gasteiger partial charge in [0.05, 0.1) is 49.0 Å². The summed E-state index contributed by atoms with van der Waals surface area (Å²) in [7, 11) is -3.73. The standard InChI is InChI=1S/C21H28ClN3O2S/c1-5-24-8-10-25(11-9-24)20-7-6-18(22)14-19(20)23-28(26,27)21-16(3)12-15(2)13-17(21)4/h6-7,12-14,23H,5,8-11H2,1-4H3/p+1. The van der Waals surface area contributed by atoms with Crippen LogP contribution in [0.15, 0.2) is 35.2 Å². The first kappa shape index (κ1) is 21.0. The Hall–Kier alpha value is -1.76. The van der Waals surface area contributed by atoms with Crippen LogP contribution < -0.4 is 14.5 Å². The zero-order valence-corrected chi connectivity index (χ0v) is 18.5. The van der Waals surface area contributed by atoms with E-state index < -0.39 is 10.0 Å². The number of halogens is 1. The number of anilines is 2. The van der Waals surface area contributed by atoms with Crippen LogP contribution in [0.2, 0.25) is 5.02 Å². The maximum atomic E-state index is 13.2. The number of sulfonamides is 1. The van der Waals surface area contributed by atoms with Gasteiger partial charge in [-0.1, -0.05) is 29.3 Å². The first-order valence-electron chi connectivity index (χ1n) is 9.70. The Kier molecular flexibility index (Phi) is 6.22. The normalized spacial score (nSPS) is 15.7. The number of rotatable bonds is 5. The van der Waals surface area contributed by atoms with Gasteiger partial charge in [0.15, 0.2) is 0 Å². The van der Waals surface area contributed by atoms with Gasteiger partial charge in [-0.25, -0.2) is 8.42 Å². The van der Waals surface area contributed by atoms with Gasteiger partial charge in [0, 0.05) is 5.02 Å². The summed E-state index contributed by atoms with van der Waals surface area (Å²) in [5.41, 5.74) is 3.95. The molecule has 28 heavy (non-hydrogen) atoms. The van der Waals surface area contributed by atoms with E-state index in [1.807, 2.05) is 45.0 Å². The molecule has 0 spiro atoms. The average Bonchev–Trinajstić information content (AvgIpc) is 2.60. The molecule has 1 aliphatic heterocycles. The first-order valence-corrected chi connectivity index (χ1v) is 11.6. The van der Waals surface area contributed by atoms with Crippen LogP contribution >= 0.6 is 11.6 Å². The van der Waals surface area contributed by atoms with Crippen molar-refractivity contribution < 1.29 is 13.3 Å². The van der Waals surface area contributed by atoms with Crippen molar-refractivity contribution >= 4 is 33.0 Å². The van der Waals surface area contributed by atoms with Crippen LogP contribution in [-0.4, -0.2) is 41.1 Å². The molecule has 1 aliphatic rings. The summed E-state index contributed by atoms with van der Waals surface area (Å²) in [5.74, 6) is 0. The second kappa shape index (κ2) is 8.31. The largest absolute Gasteiger partial charge is 0.359 e. The topological polar surface area (TPSA) is 53.9 Å². The minimum atomic E-state index is -3.73. The van der Waals surface area contributed by atoms with Crippen LogP contribution in [0.3, 0.4) is 0 Å². The summed E-state index contributed by atoms with van der Waals surface area (Å²) in [4.78, 5) is 4.14. The van der Waals surface area contributed by atoms with Crippen molar-refractivity contribution in [1.82, 2.24) is 0 Å². The zero-order chi connectivity index (χ0) is 20.5. The van der Waals surface area contributed by atoms with Crippen molar-refractivity contribution in [2.45, 2.75) is 32.6 Å². The highest BCUT2D eigenvalue weighted by molar-refractivity contribution is 7.92. The molecule has 0 bridgehead atoms. The van der Waals surface area contributed by atoms with E-state index in [-0.39, 0.29) is 0 Å². The summed E-state index contributed by atoms with van der Waals surface area (Å²) < 4.78 is 29.3. The monoisotopic (exact) mass is 422 g/mol. The second-order valence-corrected chi connectivity index (χ2v) is 9.64. The van der Waals surface area contributed by atoms with Gasteiger partial charge in [-0.3, -0.25) is 4.72 Å². The quantitative estimate of drug-likeness (QED) is 0.779. The predicted molar refractivity (Wildman–Crippen MR) is 116 cm³/mol. The fraction of sp³-hybridized carbons (Fsp3) is 0.429. The molecular formula is C21H29ClN3O2S+. The molecule has 2 aromatic rings. The fourth-order valence-corrected chi connectivity index (χ4v) is 5.76. The van der Waals surface area contributed by atoms with Crippen LogP contribution in [0.5, 0.6) is 0 Å². The Morgan fingerprint density at radius 3 is 2.25 bits per heavy atom. The van der Waals surface area contributed by atoms with Crippen LogP contribution in [0.1, 0.15) is 23.6 Å². The third kappa shape index (κ3) is 4.45. The van der Waals surface area contributed by atoms with Crippen LogP contribution in [-0.2, 0) is 10.0 Å². The molecule has 1 fully saturated rings. The summed E-state index contributed by atoms with van der Waals surface area (Å²) in [6.07, 6.45) is 0. The number of aryl methyl sites for hydroxylation is 3.